The van der Waals surface area contributed by atoms with Crippen LogP contribution in [-0.2, 0) is 6.42 Å². The van der Waals surface area contributed by atoms with E-state index in [0.717, 1.165) is 32.5 Å². The molecule has 0 unspecified atom stereocenters. The van der Waals surface area contributed by atoms with Gasteiger partial charge in [-0.1, -0.05) is 13.8 Å². The molecule has 108 valence electrons. The highest BCUT2D eigenvalue weighted by Crippen LogP contribution is 2.34. The number of nitrogen functional groups attached to an aromatic ring is 1. The normalized spacial score (nSPS) is 10.8. The SMILES string of the molecule is CCN(CC)CCCc1cc(N)c(OC)c(OC)c1. The molecule has 0 amide bonds. The topological polar surface area (TPSA) is 47.7 Å². The van der Waals surface area contributed by atoms with Crippen LogP contribution in [-0.4, -0.2) is 38.8 Å². The van der Waals surface area contributed by atoms with Gasteiger partial charge in [0.1, 0.15) is 0 Å². The first-order valence-corrected chi connectivity index (χ1v) is 6.88. The summed E-state index contributed by atoms with van der Waals surface area (Å²) in [7, 11) is 3.24. The van der Waals surface area contributed by atoms with Crippen molar-refractivity contribution in [2.24, 2.45) is 0 Å². The molecule has 4 heteroatoms. The highest BCUT2D eigenvalue weighted by Gasteiger charge is 2.10. The van der Waals surface area contributed by atoms with Crippen molar-refractivity contribution in [3.05, 3.63) is 17.7 Å². The summed E-state index contributed by atoms with van der Waals surface area (Å²) in [6.45, 7) is 7.70. The molecule has 0 fully saturated rings. The minimum absolute atomic E-state index is 0.620. The summed E-state index contributed by atoms with van der Waals surface area (Å²) >= 11 is 0. The lowest BCUT2D eigenvalue weighted by Gasteiger charge is -2.18. The summed E-state index contributed by atoms with van der Waals surface area (Å²) in [5.41, 5.74) is 7.81. The lowest BCUT2D eigenvalue weighted by atomic mass is 10.1. The molecule has 4 nitrogen and oxygen atoms in total. The molecule has 0 aromatic heterocycles. The Morgan fingerprint density at radius 2 is 1.79 bits per heavy atom. The molecule has 0 atom stereocenters. The number of benzene rings is 1. The third-order valence-corrected chi connectivity index (χ3v) is 3.40. The van der Waals surface area contributed by atoms with Gasteiger partial charge < -0.3 is 20.1 Å². The van der Waals surface area contributed by atoms with Gasteiger partial charge in [-0.15, -0.1) is 0 Å². The third kappa shape index (κ3) is 4.31. The van der Waals surface area contributed by atoms with Gasteiger partial charge in [-0.05, 0) is 50.2 Å². The van der Waals surface area contributed by atoms with Crippen LogP contribution in [0.25, 0.3) is 0 Å². The van der Waals surface area contributed by atoms with Crippen molar-refractivity contribution < 1.29 is 9.47 Å². The number of rotatable bonds is 8. The Morgan fingerprint density at radius 3 is 2.32 bits per heavy atom. The Labute approximate surface area is 116 Å². The Bertz CT molecular complexity index is 390. The van der Waals surface area contributed by atoms with Crippen LogP contribution < -0.4 is 15.2 Å². The van der Waals surface area contributed by atoms with Crippen LogP contribution in [0.4, 0.5) is 5.69 Å². The van der Waals surface area contributed by atoms with Gasteiger partial charge in [0.25, 0.3) is 0 Å². The second-order valence-corrected chi connectivity index (χ2v) is 4.55. The molecule has 1 aromatic rings. The molecule has 0 saturated carbocycles. The van der Waals surface area contributed by atoms with Gasteiger partial charge >= 0.3 is 0 Å². The van der Waals surface area contributed by atoms with Crippen molar-refractivity contribution in [1.82, 2.24) is 4.90 Å². The Morgan fingerprint density at radius 1 is 1.11 bits per heavy atom. The lowest BCUT2D eigenvalue weighted by Crippen LogP contribution is -2.24. The summed E-state index contributed by atoms with van der Waals surface area (Å²) in [4.78, 5) is 2.42. The Balaban J connectivity index is 2.66. The van der Waals surface area contributed by atoms with E-state index in [1.54, 1.807) is 14.2 Å². The summed E-state index contributed by atoms with van der Waals surface area (Å²) < 4.78 is 10.6. The van der Waals surface area contributed by atoms with Crippen molar-refractivity contribution >= 4 is 5.69 Å². The van der Waals surface area contributed by atoms with Crippen LogP contribution in [0.3, 0.4) is 0 Å². The van der Waals surface area contributed by atoms with Crippen LogP contribution in [0.1, 0.15) is 25.8 Å². The van der Waals surface area contributed by atoms with Gasteiger partial charge in [0.05, 0.1) is 19.9 Å². The summed E-state index contributed by atoms with van der Waals surface area (Å²) in [6.07, 6.45) is 2.12. The van der Waals surface area contributed by atoms with E-state index in [0.29, 0.717) is 17.2 Å². The van der Waals surface area contributed by atoms with Crippen LogP contribution in [0.5, 0.6) is 11.5 Å². The van der Waals surface area contributed by atoms with Crippen molar-refractivity contribution in [1.29, 1.82) is 0 Å². The Hall–Kier alpha value is -1.42. The monoisotopic (exact) mass is 266 g/mol. The van der Waals surface area contributed by atoms with Crippen LogP contribution in [0, 0.1) is 0 Å². The molecule has 1 rings (SSSR count). The van der Waals surface area contributed by atoms with Crippen molar-refractivity contribution in [3.8, 4) is 11.5 Å². The number of hydrogen-bond donors (Lipinski definition) is 1. The molecule has 0 heterocycles. The van der Waals surface area contributed by atoms with E-state index in [2.05, 4.69) is 18.7 Å². The number of nitrogens with zero attached hydrogens (tertiary/aromatic N) is 1. The average Bonchev–Trinajstić information content (AvgIpc) is 2.43. The summed E-state index contributed by atoms with van der Waals surface area (Å²) in [5, 5.41) is 0. The molecule has 0 bridgehead atoms. The second kappa shape index (κ2) is 7.89. The first kappa shape index (κ1) is 15.6. The number of ether oxygens (including phenoxy) is 2. The maximum atomic E-state index is 5.98. The molecule has 0 radical (unpaired) electrons. The number of anilines is 1. The minimum atomic E-state index is 0.620. The molecule has 0 aliphatic heterocycles. The molecule has 0 aliphatic carbocycles. The fourth-order valence-electron chi connectivity index (χ4n) is 2.24. The van der Waals surface area contributed by atoms with E-state index in [4.69, 9.17) is 15.2 Å². The minimum Gasteiger partial charge on any atom is -0.493 e. The molecule has 0 aliphatic rings. The van der Waals surface area contributed by atoms with E-state index < -0.39 is 0 Å². The Kier molecular flexibility index (Phi) is 6.50. The summed E-state index contributed by atoms with van der Waals surface area (Å²) in [6, 6.07) is 3.99. The average molecular weight is 266 g/mol. The van der Waals surface area contributed by atoms with E-state index in [9.17, 15) is 0 Å². The number of nitrogens with two attached hydrogens (primary N) is 1. The molecule has 0 spiro atoms. The molecule has 2 N–H and O–H groups in total. The van der Waals surface area contributed by atoms with Gasteiger partial charge in [-0.25, -0.2) is 0 Å². The van der Waals surface area contributed by atoms with Crippen molar-refractivity contribution in [2.75, 3.05) is 39.6 Å². The zero-order chi connectivity index (χ0) is 14.3. The first-order chi connectivity index (χ1) is 9.15. The highest BCUT2D eigenvalue weighted by atomic mass is 16.5. The predicted molar refractivity (Wildman–Crippen MR) is 80.1 cm³/mol. The molecular weight excluding hydrogens is 240 g/mol. The quantitative estimate of drug-likeness (QED) is 0.735. The fourth-order valence-corrected chi connectivity index (χ4v) is 2.24. The van der Waals surface area contributed by atoms with Crippen LogP contribution in [0.2, 0.25) is 0 Å². The second-order valence-electron chi connectivity index (χ2n) is 4.55. The number of methoxy groups -OCH3 is 2. The maximum Gasteiger partial charge on any atom is 0.183 e. The zero-order valence-corrected chi connectivity index (χ0v) is 12.5. The van der Waals surface area contributed by atoms with E-state index in [1.807, 2.05) is 12.1 Å². The zero-order valence-electron chi connectivity index (χ0n) is 12.5. The molecule has 1 aromatic carbocycles. The number of aryl methyl sites for hydroxylation is 1. The molecule has 19 heavy (non-hydrogen) atoms. The third-order valence-electron chi connectivity index (χ3n) is 3.40. The van der Waals surface area contributed by atoms with Crippen LogP contribution >= 0.6 is 0 Å². The maximum absolute atomic E-state index is 5.98. The fraction of sp³-hybridized carbons (Fsp3) is 0.600. The van der Waals surface area contributed by atoms with E-state index >= 15 is 0 Å². The van der Waals surface area contributed by atoms with Crippen LogP contribution in [0.15, 0.2) is 12.1 Å². The molecular formula is C15H26N2O2. The van der Waals surface area contributed by atoms with E-state index in [1.165, 1.54) is 5.56 Å². The molecule has 0 saturated heterocycles. The standard InChI is InChI=1S/C15H26N2O2/c1-5-17(6-2)9-7-8-12-10-13(16)15(19-4)14(11-12)18-3/h10-11H,5-9,16H2,1-4H3. The predicted octanol–water partition coefficient (Wildman–Crippen LogP) is 2.56. The van der Waals surface area contributed by atoms with Gasteiger partial charge in [-0.2, -0.15) is 0 Å². The van der Waals surface area contributed by atoms with Gasteiger partial charge in [0.2, 0.25) is 0 Å². The van der Waals surface area contributed by atoms with Crippen molar-refractivity contribution in [2.45, 2.75) is 26.7 Å². The van der Waals surface area contributed by atoms with Gasteiger partial charge in [0.15, 0.2) is 11.5 Å². The van der Waals surface area contributed by atoms with Crippen molar-refractivity contribution in [3.63, 3.8) is 0 Å². The van der Waals surface area contributed by atoms with Gasteiger partial charge in [0, 0.05) is 0 Å². The number of hydrogen-bond acceptors (Lipinski definition) is 4. The largest absolute Gasteiger partial charge is 0.493 e. The van der Waals surface area contributed by atoms with Gasteiger partial charge in [-0.3, -0.25) is 0 Å². The lowest BCUT2D eigenvalue weighted by molar-refractivity contribution is 0.300. The van der Waals surface area contributed by atoms with E-state index in [-0.39, 0.29) is 0 Å². The summed E-state index contributed by atoms with van der Waals surface area (Å²) in [5.74, 6) is 1.33. The first-order valence-electron chi connectivity index (χ1n) is 6.88. The smallest absolute Gasteiger partial charge is 0.183 e. The highest BCUT2D eigenvalue weighted by molar-refractivity contribution is 5.62.